The van der Waals surface area contributed by atoms with E-state index >= 15 is 0 Å². The number of benzene rings is 2. The molecule has 3 rings (SSSR count). The number of carbonyl (C=O) groups is 11. The quantitative estimate of drug-likeness (QED) is 0.0130. The molecule has 1 saturated carbocycles. The minimum Gasteiger partial charge on any atom is -0.379 e. The van der Waals surface area contributed by atoms with Crippen LogP contribution in [0.2, 0.25) is 0 Å². The Bertz CT molecular complexity index is 3080. The molecule has 0 saturated heterocycles. The third-order valence-electron chi connectivity index (χ3n) is 22.1. The fourth-order valence-electron chi connectivity index (χ4n) is 14.7. The third kappa shape index (κ3) is 48.5. The van der Waals surface area contributed by atoms with Gasteiger partial charge in [-0.3, -0.25) is 58.0 Å². The molecule has 5 N–H and O–H groups in total. The van der Waals surface area contributed by atoms with Gasteiger partial charge in [0.2, 0.25) is 29.5 Å². The molecule has 2 aromatic carbocycles. The minimum atomic E-state index is -0.632. The SMILES string of the molecule is CCCCCCCC(C(=O)CS)C(=O)C[C@H](C(=O)NC)C(C)(C)C.CCCCCCC[C@H](CC(=O)CS)C(=O)C[C@H](C(=O)NC(CC(C)C)C(=O)NCC)C(C)(C)C.CCCCCCC[C@H](C[C-](C)S)C(=O)C[C@H](C(=O)NC)C(C)(C)C.CCOC1CCC(CS)(C(=O)C[C@@H](Cc2ccccc2)C(=O)NCc2ccccc2)CC1.[Y]. The molecule has 0 aromatic heterocycles. The van der Waals surface area contributed by atoms with Gasteiger partial charge in [-0.15, -0.1) is 0 Å². The fraction of sp³-hybridized carbons (Fsp3) is 0.742. The van der Waals surface area contributed by atoms with E-state index in [1.807, 2.05) is 158 Å². The maximum absolute atomic E-state index is 13.5. The molecule has 22 heteroatoms. The number of Topliss-reactive ketones (excluding diaryl/α,β-unsaturated/α-hetero) is 6. The van der Waals surface area contributed by atoms with Crippen LogP contribution in [0.3, 0.4) is 0 Å². The second-order valence-electron chi connectivity index (χ2n) is 35.4. The number of rotatable bonds is 53. The topological polar surface area (TPSA) is 257 Å². The zero-order chi connectivity index (χ0) is 86.6. The fourth-order valence-corrected chi connectivity index (χ4v) is 15.7. The molecule has 0 bridgehead atoms. The number of ketones is 6. The maximum Gasteiger partial charge on any atom is 0.242 e. The molecule has 5 amide bonds. The summed E-state index contributed by atoms with van der Waals surface area (Å²) in [6.07, 6.45) is 25.2. The van der Waals surface area contributed by atoms with Crippen molar-refractivity contribution < 1.29 is 90.2 Å². The van der Waals surface area contributed by atoms with Gasteiger partial charge in [0.05, 0.1) is 12.0 Å². The average molecular weight is 1760 g/mol. The Labute approximate surface area is 745 Å². The normalized spacial score (nSPS) is 16.2. The van der Waals surface area contributed by atoms with Gasteiger partial charge in [-0.25, -0.2) is 0 Å². The van der Waals surface area contributed by atoms with Gasteiger partial charge < -0.3 is 43.9 Å². The minimum absolute atomic E-state index is 0. The van der Waals surface area contributed by atoms with E-state index < -0.39 is 40.5 Å². The van der Waals surface area contributed by atoms with Gasteiger partial charge in [0, 0.05) is 151 Å². The summed E-state index contributed by atoms with van der Waals surface area (Å²) < 4.78 is 5.77. The third-order valence-corrected chi connectivity index (χ3v) is 23.5. The van der Waals surface area contributed by atoms with E-state index in [0.717, 1.165) is 113 Å². The zero-order valence-electron chi connectivity index (χ0n) is 74.8. The van der Waals surface area contributed by atoms with Crippen molar-refractivity contribution in [2.45, 2.75) is 329 Å². The summed E-state index contributed by atoms with van der Waals surface area (Å²) in [4.78, 5) is 140. The van der Waals surface area contributed by atoms with Crippen LogP contribution in [0.25, 0.3) is 0 Å². The van der Waals surface area contributed by atoms with Crippen molar-refractivity contribution in [2.24, 2.45) is 69.0 Å². The zero-order valence-corrected chi connectivity index (χ0v) is 81.2. The average Bonchev–Trinajstić information content (AvgIpc) is 0.802. The molecule has 1 fully saturated rings. The number of hydrogen-bond acceptors (Lipinski definition) is 16. The van der Waals surface area contributed by atoms with Gasteiger partial charge in [0.1, 0.15) is 35.0 Å². The standard InChI is InChI=1S/C27H50N2O4S.C27H35NO3S.C20H38NO2S.C19H35NO3S.Y/c1-8-10-11-12-13-14-20(16-21(30)18-34)24(31)17-22(27(5,6)7)25(32)29-23(15-19(3)4)26(33)28-9-2;1-2-31-24-13-15-27(20-32,16-14-24)25(29)18-23(17-21-9-5-3-6-10-21)26(30)28-19-22-11-7-4-8-12-22;1-7-8-9-10-11-12-16(13-15(2)24)18(22)14-17(19(23)21-6)20(3,4)5;1-6-7-8-9-10-11-14(17(22)13-24)16(21)12-15(18(23)20-5)19(2,3)4;/h19-20,22-23,34H,8-18H2,1-7H3,(H,28,33)(H,29,32);3-12,23-24,32H,2,13-20H2,1H3,(H,28,30);16-17,24H,7-14H2,1-6H3,(H,21,23);14-15,24H,6-13H2,1-5H3,(H,20,23);/q;;-1;;/t20-,22-,23?;23-,24?,27?;16-,17-;14?,15-;/m1111./s1. The molecule has 2 aromatic rings. The molecule has 2 unspecified atom stereocenters. The van der Waals surface area contributed by atoms with Crippen molar-refractivity contribution in [1.29, 1.82) is 0 Å². The van der Waals surface area contributed by atoms with Crippen LogP contribution < -0.4 is 26.6 Å². The van der Waals surface area contributed by atoms with Crippen LogP contribution >= 0.6 is 50.5 Å². The summed E-state index contributed by atoms with van der Waals surface area (Å²) in [5.74, 6) is -2.41. The Morgan fingerprint density at radius 1 is 0.504 bits per heavy atom. The smallest absolute Gasteiger partial charge is 0.242 e. The molecule has 8 atom stereocenters. The summed E-state index contributed by atoms with van der Waals surface area (Å²) >= 11 is 17.1. The first-order valence-electron chi connectivity index (χ1n) is 43.2. The first-order chi connectivity index (χ1) is 53.7. The molecule has 115 heavy (non-hydrogen) atoms. The van der Waals surface area contributed by atoms with Crippen molar-refractivity contribution in [2.75, 3.05) is 44.5 Å². The summed E-state index contributed by atoms with van der Waals surface area (Å²) in [6.45, 7) is 35.7. The van der Waals surface area contributed by atoms with Crippen LogP contribution in [0.5, 0.6) is 0 Å². The number of carbonyl (C=O) groups excluding carboxylic acids is 11. The molecule has 0 aliphatic heterocycles. The largest absolute Gasteiger partial charge is 0.379 e. The van der Waals surface area contributed by atoms with Crippen LogP contribution in [0.4, 0.5) is 0 Å². The Balaban J connectivity index is 0. The summed E-state index contributed by atoms with van der Waals surface area (Å²) in [5, 5.41) is 15.1. The number of amides is 5. The molecule has 0 spiro atoms. The number of hydrogen-bond donors (Lipinski definition) is 9. The van der Waals surface area contributed by atoms with Crippen LogP contribution in [0.1, 0.15) is 315 Å². The first-order valence-corrected chi connectivity index (χ1v) is 45.6. The summed E-state index contributed by atoms with van der Waals surface area (Å²) in [5.41, 5.74) is 0.646. The van der Waals surface area contributed by atoms with Crippen molar-refractivity contribution in [1.82, 2.24) is 26.6 Å². The Kier molecular flexibility index (Phi) is 62.3. The van der Waals surface area contributed by atoms with E-state index in [2.05, 4.69) is 97.9 Å². The molecular formula is C93H158N5O12S4Y-. The molecule has 17 nitrogen and oxygen atoms in total. The van der Waals surface area contributed by atoms with E-state index in [9.17, 15) is 52.7 Å². The molecule has 1 aliphatic carbocycles. The van der Waals surface area contributed by atoms with Gasteiger partial charge >= 0.3 is 0 Å². The molecule has 0 heterocycles. The Morgan fingerprint density at radius 2 is 0.939 bits per heavy atom. The van der Waals surface area contributed by atoms with Gasteiger partial charge in [0.15, 0.2) is 5.78 Å². The van der Waals surface area contributed by atoms with Crippen molar-refractivity contribution in [3.63, 3.8) is 0 Å². The molecule has 655 valence electrons. The predicted octanol–water partition coefficient (Wildman–Crippen LogP) is 19.2. The van der Waals surface area contributed by atoms with Crippen molar-refractivity contribution >= 4 is 115 Å². The summed E-state index contributed by atoms with van der Waals surface area (Å²) in [6, 6.07) is 19.2. The number of thiol groups is 4. The monoisotopic (exact) mass is 1750 g/mol. The van der Waals surface area contributed by atoms with Gasteiger partial charge in [0.25, 0.3) is 0 Å². The van der Waals surface area contributed by atoms with Crippen LogP contribution in [0.15, 0.2) is 60.7 Å². The van der Waals surface area contributed by atoms with Crippen LogP contribution in [-0.2, 0) is 103 Å². The van der Waals surface area contributed by atoms with Crippen molar-refractivity contribution in [3.05, 3.63) is 77.0 Å². The second-order valence-corrected chi connectivity index (χ2v) is 37.1. The van der Waals surface area contributed by atoms with Crippen LogP contribution in [0, 0.1) is 74.3 Å². The predicted molar refractivity (Wildman–Crippen MR) is 483 cm³/mol. The Hall–Kier alpha value is -3.73. The van der Waals surface area contributed by atoms with E-state index in [-0.39, 0.29) is 175 Å². The number of ether oxygens (including phenoxy) is 1. The molecule has 1 aliphatic rings. The van der Waals surface area contributed by atoms with E-state index in [4.69, 9.17) is 4.74 Å². The van der Waals surface area contributed by atoms with E-state index in [0.29, 0.717) is 57.6 Å². The van der Waals surface area contributed by atoms with Gasteiger partial charge in [-0.05, 0) is 111 Å². The van der Waals surface area contributed by atoms with Crippen LogP contribution in [-0.4, -0.2) is 121 Å². The van der Waals surface area contributed by atoms with Crippen molar-refractivity contribution in [3.8, 4) is 0 Å². The first kappa shape index (κ1) is 113. The van der Waals surface area contributed by atoms with E-state index in [1.54, 1.807) is 14.1 Å². The number of unbranched alkanes of at least 4 members (excludes halogenated alkanes) is 12. The van der Waals surface area contributed by atoms with Gasteiger partial charge in [-0.2, -0.15) is 51.2 Å². The maximum atomic E-state index is 13.5. The van der Waals surface area contributed by atoms with E-state index in [1.165, 1.54) is 38.5 Å². The molecular weight excluding hydrogens is 1600 g/mol. The molecule has 1 radical (unpaired) electrons. The number of likely N-dealkylation sites (N-methyl/N-ethyl adjacent to an activating group) is 1. The summed E-state index contributed by atoms with van der Waals surface area (Å²) in [7, 11) is 3.22. The Morgan fingerprint density at radius 3 is 1.35 bits per heavy atom. The number of nitrogens with one attached hydrogen (secondary N) is 5. The second kappa shape index (κ2) is 63.3. The van der Waals surface area contributed by atoms with Gasteiger partial charge in [-0.1, -0.05) is 254 Å².